The second kappa shape index (κ2) is 8.56. The minimum atomic E-state index is -3.71. The number of nitrogens with zero attached hydrogens (tertiary/aromatic N) is 1. The van der Waals surface area contributed by atoms with E-state index in [1.54, 1.807) is 18.2 Å². The van der Waals surface area contributed by atoms with Crippen LogP contribution in [0.2, 0.25) is 0 Å². The number of unbranched alkanes of at least 4 members (excludes halogenated alkanes) is 1. The van der Waals surface area contributed by atoms with Crippen molar-refractivity contribution in [2.24, 2.45) is 0 Å². The molecule has 1 amide bonds. The molecule has 5 rings (SSSR count). The van der Waals surface area contributed by atoms with E-state index in [1.807, 2.05) is 12.1 Å². The third-order valence-corrected chi connectivity index (χ3v) is 8.07. The van der Waals surface area contributed by atoms with Crippen LogP contribution in [0.1, 0.15) is 35.2 Å². The highest BCUT2D eigenvalue weighted by Crippen LogP contribution is 2.35. The van der Waals surface area contributed by atoms with Crippen LogP contribution in [-0.4, -0.2) is 44.4 Å². The van der Waals surface area contributed by atoms with Crippen molar-refractivity contribution in [2.75, 3.05) is 19.6 Å². The fraction of sp³-hybridized carbons (Fsp3) is 0.320. The number of hydrogen-bond acceptors (Lipinski definition) is 5. The van der Waals surface area contributed by atoms with Gasteiger partial charge in [-0.3, -0.25) is 4.79 Å². The van der Waals surface area contributed by atoms with Crippen LogP contribution >= 0.6 is 0 Å². The Morgan fingerprint density at radius 3 is 2.69 bits per heavy atom. The number of ether oxygens (including phenoxy) is 1. The normalized spacial score (nSPS) is 18.9. The molecule has 0 aromatic heterocycles. The van der Waals surface area contributed by atoms with E-state index in [0.717, 1.165) is 47.8 Å². The summed E-state index contributed by atoms with van der Waals surface area (Å²) in [6, 6.07) is 19.0. The standard InChI is InChI=1S/C25H26N2O4S/c28-25-22-9-3-4-10-23(22)32(29,30)27(25)16-6-5-15-26-17-20-14-13-19-12-11-18-7-1-2-8-21(18)24(19)31-20/h1-4,7-12,20,26H,5-6,13-17H2. The van der Waals surface area contributed by atoms with Crippen LogP contribution in [0.5, 0.6) is 5.75 Å². The molecule has 0 aliphatic carbocycles. The van der Waals surface area contributed by atoms with E-state index >= 15 is 0 Å². The first-order valence-electron chi connectivity index (χ1n) is 11.1. The van der Waals surface area contributed by atoms with Crippen LogP contribution in [0.3, 0.4) is 0 Å². The molecular weight excluding hydrogens is 424 g/mol. The Morgan fingerprint density at radius 1 is 1.00 bits per heavy atom. The van der Waals surface area contributed by atoms with Crippen molar-refractivity contribution in [3.05, 3.63) is 71.8 Å². The number of rotatable bonds is 7. The summed E-state index contributed by atoms with van der Waals surface area (Å²) >= 11 is 0. The Bertz CT molecular complexity index is 1270. The number of benzene rings is 3. The fourth-order valence-corrected chi connectivity index (χ4v) is 6.14. The number of aryl methyl sites for hydroxylation is 1. The summed E-state index contributed by atoms with van der Waals surface area (Å²) in [5.74, 6) is 0.577. The van der Waals surface area contributed by atoms with Crippen molar-refractivity contribution in [2.45, 2.75) is 36.7 Å². The summed E-state index contributed by atoms with van der Waals surface area (Å²) in [6.45, 7) is 1.70. The van der Waals surface area contributed by atoms with Crippen molar-refractivity contribution in [3.63, 3.8) is 0 Å². The molecule has 0 bridgehead atoms. The number of nitrogens with one attached hydrogen (secondary N) is 1. The summed E-state index contributed by atoms with van der Waals surface area (Å²) in [7, 11) is -3.71. The van der Waals surface area contributed by atoms with E-state index in [2.05, 4.69) is 29.6 Å². The number of fused-ring (bicyclic) bond motifs is 4. The number of sulfonamides is 1. The Balaban J connectivity index is 1.10. The minimum absolute atomic E-state index is 0.114. The zero-order valence-electron chi connectivity index (χ0n) is 17.8. The second-order valence-corrected chi connectivity index (χ2v) is 10.2. The van der Waals surface area contributed by atoms with Crippen molar-refractivity contribution < 1.29 is 17.9 Å². The van der Waals surface area contributed by atoms with Gasteiger partial charge < -0.3 is 10.1 Å². The molecule has 1 N–H and O–H groups in total. The molecule has 2 aliphatic heterocycles. The topological polar surface area (TPSA) is 75.7 Å². The Morgan fingerprint density at radius 2 is 1.81 bits per heavy atom. The molecule has 0 radical (unpaired) electrons. The van der Waals surface area contributed by atoms with Crippen molar-refractivity contribution in [3.8, 4) is 5.75 Å². The molecule has 3 aromatic carbocycles. The van der Waals surface area contributed by atoms with Gasteiger partial charge in [-0.15, -0.1) is 0 Å². The number of hydrogen-bond donors (Lipinski definition) is 1. The monoisotopic (exact) mass is 450 g/mol. The highest BCUT2D eigenvalue weighted by Gasteiger charge is 2.40. The smallest absolute Gasteiger partial charge is 0.269 e. The van der Waals surface area contributed by atoms with Crippen LogP contribution in [0.4, 0.5) is 0 Å². The summed E-state index contributed by atoms with van der Waals surface area (Å²) in [5.41, 5.74) is 1.53. The molecule has 0 saturated carbocycles. The maximum Gasteiger partial charge on any atom is 0.269 e. The lowest BCUT2D eigenvalue weighted by Gasteiger charge is -2.27. The van der Waals surface area contributed by atoms with E-state index in [9.17, 15) is 13.2 Å². The van der Waals surface area contributed by atoms with Crippen molar-refractivity contribution in [1.29, 1.82) is 0 Å². The Hall–Kier alpha value is -2.90. The Kier molecular flexibility index (Phi) is 5.61. The van der Waals surface area contributed by atoms with Crippen molar-refractivity contribution >= 4 is 26.7 Å². The van der Waals surface area contributed by atoms with Gasteiger partial charge >= 0.3 is 0 Å². The minimum Gasteiger partial charge on any atom is -0.488 e. The first-order chi connectivity index (χ1) is 15.6. The quantitative estimate of drug-likeness (QED) is 0.555. The van der Waals surface area contributed by atoms with E-state index in [0.29, 0.717) is 6.42 Å². The maximum atomic E-state index is 12.6. The highest BCUT2D eigenvalue weighted by molar-refractivity contribution is 7.90. The van der Waals surface area contributed by atoms with Crippen molar-refractivity contribution in [1.82, 2.24) is 9.62 Å². The third-order valence-electron chi connectivity index (χ3n) is 6.23. The van der Waals surface area contributed by atoms with Gasteiger partial charge in [0.25, 0.3) is 15.9 Å². The van der Waals surface area contributed by atoms with Gasteiger partial charge in [0.1, 0.15) is 16.7 Å². The molecule has 3 aromatic rings. The summed E-state index contributed by atoms with van der Waals surface area (Å²) < 4.78 is 32.5. The lowest BCUT2D eigenvalue weighted by molar-refractivity contribution is 0.0869. The average molecular weight is 451 g/mol. The predicted molar refractivity (Wildman–Crippen MR) is 123 cm³/mol. The summed E-state index contributed by atoms with van der Waals surface area (Å²) in [6.07, 6.45) is 3.48. The molecular formula is C25H26N2O4S. The molecule has 6 nitrogen and oxygen atoms in total. The van der Waals surface area contributed by atoms with Crippen LogP contribution in [0.15, 0.2) is 65.6 Å². The highest BCUT2D eigenvalue weighted by atomic mass is 32.2. The zero-order chi connectivity index (χ0) is 22.1. The predicted octanol–water partition coefficient (Wildman–Crippen LogP) is 3.75. The SMILES string of the molecule is O=C1c2ccccc2S(=O)(=O)N1CCCCNCC1CCc2ccc3ccccc3c2O1. The average Bonchev–Trinajstić information content (AvgIpc) is 3.01. The van der Waals surface area contributed by atoms with Gasteiger partial charge in [-0.25, -0.2) is 12.7 Å². The molecule has 2 heterocycles. The van der Waals surface area contributed by atoms with Gasteiger partial charge in [0.15, 0.2) is 0 Å². The summed E-state index contributed by atoms with van der Waals surface area (Å²) in [4.78, 5) is 12.6. The van der Waals surface area contributed by atoms with Gasteiger partial charge in [0, 0.05) is 18.5 Å². The van der Waals surface area contributed by atoms with Crippen LogP contribution in [-0.2, 0) is 16.4 Å². The largest absolute Gasteiger partial charge is 0.488 e. The number of carbonyl (C=O) groups excluding carboxylic acids is 1. The lowest BCUT2D eigenvalue weighted by atomic mass is 9.98. The maximum absolute atomic E-state index is 12.6. The molecule has 0 saturated heterocycles. The molecule has 1 unspecified atom stereocenters. The number of amides is 1. The molecule has 0 spiro atoms. The molecule has 1 atom stereocenters. The first kappa shape index (κ1) is 21.0. The van der Waals surface area contributed by atoms with Gasteiger partial charge in [-0.05, 0) is 55.3 Å². The molecule has 2 aliphatic rings. The zero-order valence-corrected chi connectivity index (χ0v) is 18.6. The summed E-state index contributed by atoms with van der Waals surface area (Å²) in [5, 5.41) is 5.78. The van der Waals surface area contributed by atoms with Gasteiger partial charge in [-0.1, -0.05) is 48.5 Å². The lowest BCUT2D eigenvalue weighted by Crippen LogP contribution is -2.35. The molecule has 7 heteroatoms. The van der Waals surface area contributed by atoms with E-state index in [4.69, 9.17) is 4.74 Å². The third kappa shape index (κ3) is 3.76. The van der Waals surface area contributed by atoms with E-state index in [1.165, 1.54) is 17.0 Å². The first-order valence-corrected chi connectivity index (χ1v) is 12.5. The van der Waals surface area contributed by atoms with E-state index in [-0.39, 0.29) is 23.1 Å². The molecule has 32 heavy (non-hydrogen) atoms. The Labute approximate surface area is 188 Å². The van der Waals surface area contributed by atoms with E-state index < -0.39 is 15.9 Å². The molecule has 166 valence electrons. The van der Waals surface area contributed by atoms with Gasteiger partial charge in [-0.2, -0.15) is 0 Å². The van der Waals surface area contributed by atoms with Crippen LogP contribution in [0, 0.1) is 0 Å². The van der Waals surface area contributed by atoms with Crippen LogP contribution in [0.25, 0.3) is 10.8 Å². The fourth-order valence-electron chi connectivity index (χ4n) is 4.53. The van der Waals surface area contributed by atoms with Gasteiger partial charge in [0.05, 0.1) is 5.56 Å². The second-order valence-electron chi connectivity index (χ2n) is 8.34. The van der Waals surface area contributed by atoms with Crippen LogP contribution < -0.4 is 10.1 Å². The number of carbonyl (C=O) groups is 1. The van der Waals surface area contributed by atoms with Gasteiger partial charge in [0.2, 0.25) is 0 Å². The molecule has 0 fully saturated rings.